The van der Waals surface area contributed by atoms with Crippen LogP contribution in [0.4, 0.5) is 5.69 Å². The third-order valence-electron chi connectivity index (χ3n) is 6.84. The first kappa shape index (κ1) is 21.8. The van der Waals surface area contributed by atoms with Crippen LogP contribution in [0, 0.1) is 12.8 Å². The number of nitrogens with zero attached hydrogens (tertiary/aromatic N) is 1. The van der Waals surface area contributed by atoms with E-state index in [2.05, 4.69) is 28.4 Å². The molecule has 1 aliphatic carbocycles. The Hall–Kier alpha value is -3.03. The number of aromatic nitrogens is 1. The summed E-state index contributed by atoms with van der Waals surface area (Å²) >= 11 is 0. The van der Waals surface area contributed by atoms with Crippen LogP contribution < -0.4 is 10.2 Å². The molecule has 174 valence electrons. The van der Waals surface area contributed by atoms with Crippen LogP contribution in [0.15, 0.2) is 42.6 Å². The summed E-state index contributed by atoms with van der Waals surface area (Å²) in [5, 5.41) is 12.6. The molecule has 33 heavy (non-hydrogen) atoms. The lowest BCUT2D eigenvalue weighted by molar-refractivity contribution is -0.0138. The molecule has 2 aromatic carbocycles. The normalized spacial score (nSPS) is 21.3. The molecule has 1 aliphatic heterocycles. The van der Waals surface area contributed by atoms with Crippen LogP contribution in [0.1, 0.15) is 53.2 Å². The molecule has 3 aromatic rings. The Morgan fingerprint density at radius 2 is 2.00 bits per heavy atom. The van der Waals surface area contributed by atoms with E-state index in [-0.39, 0.29) is 12.1 Å². The Kier molecular flexibility index (Phi) is 6.00. The van der Waals surface area contributed by atoms with Crippen LogP contribution in [-0.4, -0.2) is 47.4 Å². The number of carboxylic acid groups (broad SMARTS) is 1. The minimum atomic E-state index is -0.912. The number of aromatic carboxylic acids is 1. The number of ether oxygens (including phenoxy) is 2. The van der Waals surface area contributed by atoms with E-state index in [1.165, 1.54) is 12.8 Å². The highest BCUT2D eigenvalue weighted by Gasteiger charge is 2.33. The van der Waals surface area contributed by atoms with Crippen molar-refractivity contribution in [1.82, 2.24) is 9.99 Å². The van der Waals surface area contributed by atoms with Crippen LogP contribution in [0.3, 0.4) is 0 Å². The SMILES string of the molecule is COc1cc(C)c2[nH]ccc2c1NN1CC[C@H](OCC2CC2)C[C@H]1c1ccc(C(=O)O)cc1. The van der Waals surface area contributed by atoms with E-state index in [1.807, 2.05) is 24.4 Å². The van der Waals surface area contributed by atoms with Crippen LogP contribution in [-0.2, 0) is 4.74 Å². The molecule has 2 heterocycles. The van der Waals surface area contributed by atoms with Crippen molar-refractivity contribution in [3.63, 3.8) is 0 Å². The minimum Gasteiger partial charge on any atom is -0.495 e. The molecule has 0 unspecified atom stereocenters. The zero-order valence-electron chi connectivity index (χ0n) is 19.1. The maximum absolute atomic E-state index is 11.3. The van der Waals surface area contributed by atoms with Crippen LogP contribution in [0.25, 0.3) is 10.9 Å². The van der Waals surface area contributed by atoms with Crippen molar-refractivity contribution in [2.75, 3.05) is 25.7 Å². The Morgan fingerprint density at radius 1 is 1.21 bits per heavy atom. The number of nitrogens with one attached hydrogen (secondary N) is 2. The summed E-state index contributed by atoms with van der Waals surface area (Å²) in [6.07, 6.45) is 6.48. The molecule has 7 heteroatoms. The lowest BCUT2D eigenvalue weighted by Crippen LogP contribution is -2.43. The van der Waals surface area contributed by atoms with Crippen molar-refractivity contribution in [3.8, 4) is 5.75 Å². The standard InChI is InChI=1S/C26H31N3O4/c1-16-13-23(32-2)25(21-9-11-27-24(16)21)28-29-12-10-20(33-15-17-3-4-17)14-22(29)18-5-7-19(8-6-18)26(30)31/h5-9,11,13,17,20,22,27-28H,3-4,10,12,14-15H2,1-2H3,(H,30,31)/t20-,22-/m0/s1. The second-order valence-electron chi connectivity index (χ2n) is 9.21. The molecule has 1 aromatic heterocycles. The largest absolute Gasteiger partial charge is 0.495 e. The molecule has 0 bridgehead atoms. The van der Waals surface area contributed by atoms with Gasteiger partial charge in [0.05, 0.1) is 30.3 Å². The predicted molar refractivity (Wildman–Crippen MR) is 128 cm³/mol. The highest BCUT2D eigenvalue weighted by atomic mass is 16.5. The monoisotopic (exact) mass is 449 g/mol. The van der Waals surface area contributed by atoms with Crippen molar-refractivity contribution < 1.29 is 19.4 Å². The Labute approximate surface area is 193 Å². The van der Waals surface area contributed by atoms with Gasteiger partial charge in [-0.1, -0.05) is 12.1 Å². The van der Waals surface area contributed by atoms with Gasteiger partial charge in [0.25, 0.3) is 0 Å². The van der Waals surface area contributed by atoms with E-state index in [0.717, 1.165) is 65.4 Å². The van der Waals surface area contributed by atoms with E-state index in [9.17, 15) is 9.90 Å². The number of carboxylic acids is 1. The second-order valence-corrected chi connectivity index (χ2v) is 9.21. The van der Waals surface area contributed by atoms with Crippen molar-refractivity contribution in [2.24, 2.45) is 5.92 Å². The number of benzene rings is 2. The molecular formula is C26H31N3O4. The van der Waals surface area contributed by atoms with E-state index >= 15 is 0 Å². The quantitative estimate of drug-likeness (QED) is 0.441. The van der Waals surface area contributed by atoms with Gasteiger partial charge in [0.1, 0.15) is 11.4 Å². The molecule has 2 atom stereocenters. The summed E-state index contributed by atoms with van der Waals surface area (Å²) in [7, 11) is 1.69. The third-order valence-corrected chi connectivity index (χ3v) is 6.84. The van der Waals surface area contributed by atoms with Gasteiger partial charge >= 0.3 is 5.97 Å². The minimum absolute atomic E-state index is 0.0470. The number of hydrogen-bond acceptors (Lipinski definition) is 5. The number of hydrogen-bond donors (Lipinski definition) is 3. The smallest absolute Gasteiger partial charge is 0.335 e. The predicted octanol–water partition coefficient (Wildman–Crippen LogP) is 5.14. The summed E-state index contributed by atoms with van der Waals surface area (Å²) < 4.78 is 12.0. The molecule has 3 N–H and O–H groups in total. The van der Waals surface area contributed by atoms with Crippen LogP contribution in [0.2, 0.25) is 0 Å². The van der Waals surface area contributed by atoms with Gasteiger partial charge in [-0.25, -0.2) is 9.80 Å². The summed E-state index contributed by atoms with van der Waals surface area (Å²) in [6, 6.07) is 11.4. The van der Waals surface area contributed by atoms with Gasteiger partial charge in [-0.15, -0.1) is 0 Å². The fourth-order valence-electron chi connectivity index (χ4n) is 4.74. The van der Waals surface area contributed by atoms with Crippen molar-refractivity contribution in [2.45, 2.75) is 44.8 Å². The van der Waals surface area contributed by atoms with Gasteiger partial charge < -0.3 is 25.0 Å². The number of hydrazine groups is 1. The Morgan fingerprint density at radius 3 is 2.70 bits per heavy atom. The summed E-state index contributed by atoms with van der Waals surface area (Å²) in [4.78, 5) is 14.7. The molecule has 2 aliphatic rings. The molecule has 7 nitrogen and oxygen atoms in total. The topological polar surface area (TPSA) is 86.8 Å². The molecule has 5 rings (SSSR count). The van der Waals surface area contributed by atoms with Gasteiger partial charge in [-0.05, 0) is 73.9 Å². The lowest BCUT2D eigenvalue weighted by atomic mass is 9.94. The Bertz CT molecular complexity index is 1140. The number of piperidine rings is 1. The van der Waals surface area contributed by atoms with Gasteiger partial charge in [0.2, 0.25) is 0 Å². The summed E-state index contributed by atoms with van der Waals surface area (Å²) in [5.41, 5.74) is 8.18. The van der Waals surface area contributed by atoms with Gasteiger partial charge in [-0.2, -0.15) is 0 Å². The molecule has 1 saturated carbocycles. The summed E-state index contributed by atoms with van der Waals surface area (Å²) in [5.74, 6) is 0.616. The average Bonchev–Trinajstić information content (AvgIpc) is 3.53. The Balaban J connectivity index is 1.44. The highest BCUT2D eigenvalue weighted by Crippen LogP contribution is 2.39. The first-order valence-electron chi connectivity index (χ1n) is 11.7. The molecule has 0 radical (unpaired) electrons. The fraction of sp³-hybridized carbons (Fsp3) is 0.423. The number of carbonyl (C=O) groups is 1. The molecular weight excluding hydrogens is 418 g/mol. The van der Waals surface area contributed by atoms with E-state index in [1.54, 1.807) is 19.2 Å². The van der Waals surface area contributed by atoms with Crippen molar-refractivity contribution in [1.29, 1.82) is 0 Å². The number of rotatable bonds is 8. The highest BCUT2D eigenvalue weighted by molar-refractivity contribution is 5.97. The summed E-state index contributed by atoms with van der Waals surface area (Å²) in [6.45, 7) is 3.72. The van der Waals surface area contributed by atoms with E-state index in [0.29, 0.717) is 5.56 Å². The molecule has 0 spiro atoms. The number of H-pyrrole nitrogens is 1. The maximum atomic E-state index is 11.3. The average molecular weight is 450 g/mol. The first-order valence-corrected chi connectivity index (χ1v) is 11.7. The van der Waals surface area contributed by atoms with Crippen molar-refractivity contribution in [3.05, 3.63) is 59.3 Å². The maximum Gasteiger partial charge on any atom is 0.335 e. The number of aromatic amines is 1. The molecule has 0 amide bonds. The zero-order valence-corrected chi connectivity index (χ0v) is 19.1. The molecule has 1 saturated heterocycles. The van der Waals surface area contributed by atoms with E-state index < -0.39 is 5.97 Å². The number of anilines is 1. The van der Waals surface area contributed by atoms with Gasteiger partial charge in [0.15, 0.2) is 0 Å². The number of methoxy groups -OCH3 is 1. The molecule has 2 fully saturated rings. The second kappa shape index (κ2) is 9.08. The van der Waals surface area contributed by atoms with Gasteiger partial charge in [-0.3, -0.25) is 0 Å². The van der Waals surface area contributed by atoms with Crippen LogP contribution in [0.5, 0.6) is 5.75 Å². The third kappa shape index (κ3) is 4.56. The van der Waals surface area contributed by atoms with Crippen molar-refractivity contribution >= 4 is 22.6 Å². The zero-order chi connectivity index (χ0) is 22.9. The van der Waals surface area contributed by atoms with E-state index in [4.69, 9.17) is 9.47 Å². The van der Waals surface area contributed by atoms with Gasteiger partial charge in [0, 0.05) is 24.7 Å². The fourth-order valence-corrected chi connectivity index (χ4v) is 4.74. The number of fused-ring (bicyclic) bond motifs is 1. The first-order chi connectivity index (χ1) is 16.0. The number of aryl methyl sites for hydroxylation is 1. The lowest BCUT2D eigenvalue weighted by Gasteiger charge is -2.40. The van der Waals surface area contributed by atoms with Crippen LogP contribution >= 0.6 is 0 Å².